The van der Waals surface area contributed by atoms with Crippen LogP contribution in [0.1, 0.15) is 0 Å². The van der Waals surface area contributed by atoms with E-state index in [4.69, 9.17) is 10.5 Å². The van der Waals surface area contributed by atoms with Crippen LogP contribution in [0.2, 0.25) is 0 Å². The number of aromatic amines is 2. The number of benzene rings is 1. The van der Waals surface area contributed by atoms with Crippen LogP contribution in [0.5, 0.6) is 5.75 Å². The molecule has 0 aliphatic rings. The molecule has 3 rings (SSSR count). The van der Waals surface area contributed by atoms with Crippen LogP contribution >= 0.6 is 0 Å². The van der Waals surface area contributed by atoms with Gasteiger partial charge < -0.3 is 15.5 Å². The Kier molecular flexibility index (Phi) is 3.19. The summed E-state index contributed by atoms with van der Waals surface area (Å²) in [6.07, 6.45) is 1.59. The van der Waals surface area contributed by atoms with Gasteiger partial charge >= 0.3 is 0 Å². The number of H-pyrrole nitrogens is 2. The third-order valence-corrected chi connectivity index (χ3v) is 3.22. The van der Waals surface area contributed by atoms with Crippen molar-refractivity contribution in [1.82, 2.24) is 15.2 Å². The van der Waals surface area contributed by atoms with E-state index < -0.39 is 0 Å². The molecule has 4 N–H and O–H groups in total. The van der Waals surface area contributed by atoms with E-state index in [1.165, 1.54) is 6.07 Å². The molecule has 0 aliphatic heterocycles. The fourth-order valence-electron chi connectivity index (χ4n) is 2.24. The van der Waals surface area contributed by atoms with Crippen molar-refractivity contribution in [2.75, 3.05) is 12.8 Å². The summed E-state index contributed by atoms with van der Waals surface area (Å²) in [6.45, 7) is 0. The van der Waals surface area contributed by atoms with E-state index in [2.05, 4.69) is 15.2 Å². The third-order valence-electron chi connectivity index (χ3n) is 3.22. The SMILES string of the molecule is COc1cccc(-c2c(N)n[nH]c2-c2cc[nH]c(=O)c2)c1. The lowest BCUT2D eigenvalue weighted by Crippen LogP contribution is -2.02. The van der Waals surface area contributed by atoms with Crippen LogP contribution in [0.3, 0.4) is 0 Å². The number of methoxy groups -OCH3 is 1. The second-order valence-corrected chi connectivity index (χ2v) is 4.53. The molecule has 0 atom stereocenters. The molecule has 0 bridgehead atoms. The summed E-state index contributed by atoms with van der Waals surface area (Å²) in [6, 6.07) is 10.8. The number of nitrogens with two attached hydrogens (primary N) is 1. The molecule has 0 aliphatic carbocycles. The summed E-state index contributed by atoms with van der Waals surface area (Å²) in [5.41, 5.74) is 8.83. The summed E-state index contributed by atoms with van der Waals surface area (Å²) in [5.74, 6) is 1.10. The summed E-state index contributed by atoms with van der Waals surface area (Å²) in [5, 5.41) is 6.94. The maximum Gasteiger partial charge on any atom is 0.248 e. The zero-order valence-corrected chi connectivity index (χ0v) is 11.4. The summed E-state index contributed by atoms with van der Waals surface area (Å²) in [7, 11) is 1.61. The molecule has 6 nitrogen and oxygen atoms in total. The number of hydrogen-bond donors (Lipinski definition) is 3. The van der Waals surface area contributed by atoms with E-state index in [1.807, 2.05) is 24.3 Å². The van der Waals surface area contributed by atoms with Crippen molar-refractivity contribution < 1.29 is 4.74 Å². The summed E-state index contributed by atoms with van der Waals surface area (Å²) in [4.78, 5) is 14.1. The normalized spacial score (nSPS) is 10.5. The first-order chi connectivity index (χ1) is 10.2. The van der Waals surface area contributed by atoms with Gasteiger partial charge in [0.1, 0.15) is 5.75 Å². The van der Waals surface area contributed by atoms with Gasteiger partial charge in [-0.3, -0.25) is 9.89 Å². The minimum absolute atomic E-state index is 0.183. The minimum Gasteiger partial charge on any atom is -0.497 e. The predicted octanol–water partition coefficient (Wildman–Crippen LogP) is 2.02. The number of nitrogen functional groups attached to an aromatic ring is 1. The van der Waals surface area contributed by atoms with Gasteiger partial charge in [-0.05, 0) is 23.8 Å². The molecule has 21 heavy (non-hydrogen) atoms. The maximum absolute atomic E-state index is 11.5. The number of anilines is 1. The Morgan fingerprint density at radius 2 is 2.05 bits per heavy atom. The molecule has 0 amide bonds. The molecule has 2 aromatic heterocycles. The van der Waals surface area contributed by atoms with Crippen LogP contribution in [0.25, 0.3) is 22.4 Å². The Morgan fingerprint density at radius 1 is 1.19 bits per heavy atom. The van der Waals surface area contributed by atoms with E-state index in [0.29, 0.717) is 11.5 Å². The van der Waals surface area contributed by atoms with Crippen molar-refractivity contribution in [3.05, 3.63) is 52.9 Å². The highest BCUT2D eigenvalue weighted by Gasteiger charge is 2.15. The van der Waals surface area contributed by atoms with Crippen LogP contribution in [-0.4, -0.2) is 22.3 Å². The fourth-order valence-corrected chi connectivity index (χ4v) is 2.24. The highest BCUT2D eigenvalue weighted by molar-refractivity contribution is 5.88. The number of nitrogens with one attached hydrogen (secondary N) is 2. The largest absolute Gasteiger partial charge is 0.497 e. The van der Waals surface area contributed by atoms with Gasteiger partial charge in [-0.25, -0.2) is 0 Å². The van der Waals surface area contributed by atoms with Gasteiger partial charge in [-0.15, -0.1) is 0 Å². The van der Waals surface area contributed by atoms with Gasteiger partial charge in [0.25, 0.3) is 0 Å². The van der Waals surface area contributed by atoms with E-state index >= 15 is 0 Å². The van der Waals surface area contributed by atoms with Crippen molar-refractivity contribution in [1.29, 1.82) is 0 Å². The number of hydrogen-bond acceptors (Lipinski definition) is 4. The second kappa shape index (κ2) is 5.16. The first-order valence-electron chi connectivity index (χ1n) is 6.36. The Balaban J connectivity index is 2.19. The number of rotatable bonds is 3. The lowest BCUT2D eigenvalue weighted by molar-refractivity contribution is 0.415. The van der Waals surface area contributed by atoms with Gasteiger partial charge in [0.15, 0.2) is 5.82 Å². The lowest BCUT2D eigenvalue weighted by atomic mass is 10.0. The van der Waals surface area contributed by atoms with Gasteiger partial charge in [-0.2, -0.15) is 5.10 Å². The number of ether oxygens (including phenoxy) is 1. The Hall–Kier alpha value is -3.02. The molecule has 0 saturated carbocycles. The monoisotopic (exact) mass is 282 g/mol. The van der Waals surface area contributed by atoms with Crippen LogP contribution < -0.4 is 16.0 Å². The average Bonchev–Trinajstić information content (AvgIpc) is 2.89. The number of nitrogens with zero attached hydrogens (tertiary/aromatic N) is 1. The van der Waals surface area contributed by atoms with Gasteiger partial charge in [0.2, 0.25) is 5.56 Å². The highest BCUT2D eigenvalue weighted by Crippen LogP contribution is 2.35. The minimum atomic E-state index is -0.183. The van der Waals surface area contributed by atoms with Crippen molar-refractivity contribution in [2.45, 2.75) is 0 Å². The molecule has 0 fully saturated rings. The molecular weight excluding hydrogens is 268 g/mol. The van der Waals surface area contributed by atoms with Crippen molar-refractivity contribution in [3.8, 4) is 28.1 Å². The van der Waals surface area contributed by atoms with Crippen molar-refractivity contribution in [3.63, 3.8) is 0 Å². The van der Waals surface area contributed by atoms with Crippen LogP contribution in [-0.2, 0) is 0 Å². The van der Waals surface area contributed by atoms with E-state index in [1.54, 1.807) is 19.4 Å². The first kappa shape index (κ1) is 13.0. The second-order valence-electron chi connectivity index (χ2n) is 4.53. The molecule has 2 heterocycles. The quantitative estimate of drug-likeness (QED) is 0.684. The average molecular weight is 282 g/mol. The molecular formula is C15H14N4O2. The Morgan fingerprint density at radius 3 is 2.81 bits per heavy atom. The van der Waals surface area contributed by atoms with Crippen LogP contribution in [0.4, 0.5) is 5.82 Å². The number of aromatic nitrogens is 3. The standard InChI is InChI=1S/C15H14N4O2/c1-21-11-4-2-3-9(7-11)13-14(18-19-15(13)16)10-5-6-17-12(20)8-10/h2-8H,1H3,(H,17,20)(H3,16,18,19). The number of pyridine rings is 1. The van der Waals surface area contributed by atoms with Crippen LogP contribution in [0.15, 0.2) is 47.4 Å². The molecule has 1 aromatic carbocycles. The zero-order valence-electron chi connectivity index (χ0n) is 11.4. The zero-order chi connectivity index (χ0) is 14.8. The van der Waals surface area contributed by atoms with Gasteiger partial charge in [-0.1, -0.05) is 12.1 Å². The van der Waals surface area contributed by atoms with E-state index in [-0.39, 0.29) is 5.56 Å². The smallest absolute Gasteiger partial charge is 0.248 e. The van der Waals surface area contributed by atoms with E-state index in [0.717, 1.165) is 22.4 Å². The summed E-state index contributed by atoms with van der Waals surface area (Å²) < 4.78 is 5.23. The first-order valence-corrected chi connectivity index (χ1v) is 6.36. The van der Waals surface area contributed by atoms with Gasteiger partial charge in [0, 0.05) is 17.8 Å². The van der Waals surface area contributed by atoms with Crippen molar-refractivity contribution in [2.24, 2.45) is 0 Å². The van der Waals surface area contributed by atoms with Crippen molar-refractivity contribution >= 4 is 5.82 Å². The topological polar surface area (TPSA) is 96.8 Å². The summed E-state index contributed by atoms with van der Waals surface area (Å²) >= 11 is 0. The maximum atomic E-state index is 11.5. The third kappa shape index (κ3) is 2.38. The predicted molar refractivity (Wildman–Crippen MR) is 81.0 cm³/mol. The molecule has 0 spiro atoms. The molecule has 0 saturated heterocycles. The molecule has 0 radical (unpaired) electrons. The molecule has 0 unspecified atom stereocenters. The van der Waals surface area contributed by atoms with E-state index in [9.17, 15) is 4.79 Å². The lowest BCUT2D eigenvalue weighted by Gasteiger charge is -2.06. The fraction of sp³-hybridized carbons (Fsp3) is 0.0667. The molecule has 6 heteroatoms. The highest BCUT2D eigenvalue weighted by atomic mass is 16.5. The Bertz CT molecular complexity index is 835. The molecule has 106 valence electrons. The molecule has 3 aromatic rings. The Labute approximate surface area is 120 Å². The van der Waals surface area contributed by atoms with Crippen LogP contribution in [0, 0.1) is 0 Å². The van der Waals surface area contributed by atoms with Gasteiger partial charge in [0.05, 0.1) is 18.4 Å².